The van der Waals surface area contributed by atoms with Crippen LogP contribution in [0.3, 0.4) is 0 Å². The number of carbonyl (C=O) groups is 2. The number of methoxy groups -OCH3 is 1. The van der Waals surface area contributed by atoms with Crippen molar-refractivity contribution in [2.24, 2.45) is 0 Å². The summed E-state index contributed by atoms with van der Waals surface area (Å²) in [7, 11) is 1.31. The summed E-state index contributed by atoms with van der Waals surface area (Å²) >= 11 is 2.99. The van der Waals surface area contributed by atoms with Crippen LogP contribution in [0.2, 0.25) is 0 Å². The number of aromatic nitrogens is 2. The van der Waals surface area contributed by atoms with Gasteiger partial charge >= 0.3 is 5.97 Å². The minimum Gasteiger partial charge on any atom is -0.465 e. The number of fused-ring (bicyclic) bond motifs is 2. The van der Waals surface area contributed by atoms with Gasteiger partial charge in [-0.05, 0) is 35.9 Å². The van der Waals surface area contributed by atoms with E-state index in [2.05, 4.69) is 15.5 Å². The Kier molecular flexibility index (Phi) is 6.04. The number of rotatable bonds is 6. The number of nitrogens with one attached hydrogen (secondary N) is 1. The summed E-state index contributed by atoms with van der Waals surface area (Å²) in [5.74, 6) is -0.302. The lowest BCUT2D eigenvalue weighted by Crippen LogP contribution is -2.16. The summed E-state index contributed by atoms with van der Waals surface area (Å²) in [6.07, 6.45) is 0. The first-order valence-corrected chi connectivity index (χ1v) is 12.2. The Morgan fingerprint density at radius 2 is 1.79 bits per heavy atom. The van der Waals surface area contributed by atoms with Crippen molar-refractivity contribution in [1.29, 1.82) is 0 Å². The summed E-state index contributed by atoms with van der Waals surface area (Å²) in [5, 5.41) is 14.6. The van der Waals surface area contributed by atoms with E-state index < -0.39 is 11.9 Å². The second-order valence-electron chi connectivity index (χ2n) is 7.47. The molecule has 5 rings (SSSR count). The van der Waals surface area contributed by atoms with E-state index in [0.717, 1.165) is 31.1 Å². The number of aryl methyl sites for hydroxylation is 1. The van der Waals surface area contributed by atoms with Crippen molar-refractivity contribution in [2.75, 3.05) is 12.4 Å². The third-order valence-corrected chi connectivity index (χ3v) is 7.29. The number of anilines is 1. The number of furan rings is 1. The van der Waals surface area contributed by atoms with Crippen molar-refractivity contribution in [3.05, 3.63) is 82.6 Å². The number of hydrogen-bond donors (Lipinski definition) is 1. The summed E-state index contributed by atoms with van der Waals surface area (Å²) in [5.41, 5.74) is 2.00. The van der Waals surface area contributed by atoms with Gasteiger partial charge in [0.1, 0.15) is 10.6 Å². The second-order valence-corrected chi connectivity index (χ2v) is 9.88. The summed E-state index contributed by atoms with van der Waals surface area (Å²) in [6, 6.07) is 18.6. The lowest BCUT2D eigenvalue weighted by atomic mass is 10.0. The van der Waals surface area contributed by atoms with Crippen LogP contribution in [0.25, 0.3) is 21.7 Å². The zero-order chi connectivity index (χ0) is 23.7. The van der Waals surface area contributed by atoms with Crippen LogP contribution in [0, 0.1) is 6.92 Å². The predicted octanol–water partition coefficient (Wildman–Crippen LogP) is 6.08. The smallest absolute Gasteiger partial charge is 0.339 e. The highest BCUT2D eigenvalue weighted by Crippen LogP contribution is 2.34. The van der Waals surface area contributed by atoms with E-state index in [-0.39, 0.29) is 11.3 Å². The molecule has 0 aliphatic heterocycles. The lowest BCUT2D eigenvalue weighted by Gasteiger charge is -2.11. The standard InChI is InChI=1S/C25H19N3O4S2/c1-14-27-28-25(34-14)33-13-19-17-9-5-6-10-21(17)32-22(19)23(29)26-20-12-16-8-4-3-7-15(16)11-18(20)24(30)31-2/h3-12H,13H2,1-2H3,(H,26,29). The van der Waals surface area contributed by atoms with Gasteiger partial charge in [0.05, 0.1) is 18.4 Å². The van der Waals surface area contributed by atoms with Crippen LogP contribution in [0.1, 0.15) is 31.5 Å². The molecule has 2 heterocycles. The minimum atomic E-state index is -0.534. The largest absolute Gasteiger partial charge is 0.465 e. The molecular weight excluding hydrogens is 470 g/mol. The third kappa shape index (κ3) is 4.27. The molecule has 0 saturated carbocycles. The van der Waals surface area contributed by atoms with Gasteiger partial charge < -0.3 is 14.5 Å². The molecule has 7 nitrogen and oxygen atoms in total. The summed E-state index contributed by atoms with van der Waals surface area (Å²) < 4.78 is 11.7. The van der Waals surface area contributed by atoms with Gasteiger partial charge in [-0.1, -0.05) is 65.6 Å². The molecule has 3 aromatic carbocycles. The number of ether oxygens (including phenoxy) is 1. The highest BCUT2D eigenvalue weighted by atomic mass is 32.2. The maximum absolute atomic E-state index is 13.4. The van der Waals surface area contributed by atoms with E-state index in [4.69, 9.17) is 9.15 Å². The van der Waals surface area contributed by atoms with E-state index >= 15 is 0 Å². The van der Waals surface area contributed by atoms with Gasteiger partial charge in [0, 0.05) is 16.7 Å². The number of amides is 1. The molecule has 0 unspecified atom stereocenters. The number of nitrogens with zero attached hydrogens (tertiary/aromatic N) is 2. The molecule has 1 amide bonds. The average Bonchev–Trinajstić information content (AvgIpc) is 3.44. The molecule has 34 heavy (non-hydrogen) atoms. The Morgan fingerprint density at radius 1 is 1.06 bits per heavy atom. The van der Waals surface area contributed by atoms with E-state index in [9.17, 15) is 9.59 Å². The van der Waals surface area contributed by atoms with Crippen molar-refractivity contribution in [1.82, 2.24) is 10.2 Å². The highest BCUT2D eigenvalue weighted by molar-refractivity contribution is 8.00. The van der Waals surface area contributed by atoms with Crippen LogP contribution in [0.4, 0.5) is 5.69 Å². The van der Waals surface area contributed by atoms with Crippen molar-refractivity contribution in [3.8, 4) is 0 Å². The first-order valence-electron chi connectivity index (χ1n) is 10.4. The van der Waals surface area contributed by atoms with Crippen molar-refractivity contribution >= 4 is 62.4 Å². The third-order valence-electron chi connectivity index (χ3n) is 5.29. The van der Waals surface area contributed by atoms with Crippen LogP contribution in [0.5, 0.6) is 0 Å². The van der Waals surface area contributed by atoms with Gasteiger partial charge in [-0.25, -0.2) is 4.79 Å². The molecule has 0 bridgehead atoms. The first-order chi connectivity index (χ1) is 16.5. The topological polar surface area (TPSA) is 94.3 Å². The van der Waals surface area contributed by atoms with E-state index in [1.165, 1.54) is 30.2 Å². The Hall–Kier alpha value is -3.69. The molecule has 9 heteroatoms. The number of hydrogen-bond acceptors (Lipinski definition) is 8. The predicted molar refractivity (Wildman–Crippen MR) is 134 cm³/mol. The SMILES string of the molecule is COC(=O)c1cc2ccccc2cc1NC(=O)c1oc2ccccc2c1CSc1nnc(C)s1. The number of carbonyl (C=O) groups excluding carboxylic acids is 2. The van der Waals surface area contributed by atoms with Gasteiger partial charge in [-0.2, -0.15) is 0 Å². The molecular formula is C25H19N3O4S2. The monoisotopic (exact) mass is 489 g/mol. The normalized spacial score (nSPS) is 11.1. The molecule has 5 aromatic rings. The van der Waals surface area contributed by atoms with Gasteiger partial charge in [0.25, 0.3) is 5.91 Å². The average molecular weight is 490 g/mol. The Morgan fingerprint density at radius 3 is 2.53 bits per heavy atom. The van der Waals surface area contributed by atoms with Crippen LogP contribution in [-0.4, -0.2) is 29.2 Å². The van der Waals surface area contributed by atoms with Gasteiger partial charge in [0.15, 0.2) is 10.1 Å². The van der Waals surface area contributed by atoms with Gasteiger partial charge in [-0.15, -0.1) is 10.2 Å². The fourth-order valence-corrected chi connectivity index (χ4v) is 5.54. The van der Waals surface area contributed by atoms with E-state index in [0.29, 0.717) is 17.0 Å². The number of thioether (sulfide) groups is 1. The molecule has 2 aromatic heterocycles. The zero-order valence-electron chi connectivity index (χ0n) is 18.3. The van der Waals surface area contributed by atoms with Crippen LogP contribution >= 0.6 is 23.1 Å². The van der Waals surface area contributed by atoms with E-state index in [1.807, 2.05) is 55.5 Å². The van der Waals surface area contributed by atoms with Crippen molar-refractivity contribution < 1.29 is 18.7 Å². The lowest BCUT2D eigenvalue weighted by molar-refractivity contribution is 0.0602. The fraction of sp³-hybridized carbons (Fsp3) is 0.120. The molecule has 0 fully saturated rings. The van der Waals surface area contributed by atoms with Crippen LogP contribution < -0.4 is 5.32 Å². The second kappa shape index (κ2) is 9.28. The Balaban J connectivity index is 1.52. The molecule has 0 atom stereocenters. The maximum atomic E-state index is 13.4. The first kappa shape index (κ1) is 22.1. The zero-order valence-corrected chi connectivity index (χ0v) is 20.0. The molecule has 0 spiro atoms. The summed E-state index contributed by atoms with van der Waals surface area (Å²) in [6.45, 7) is 1.90. The van der Waals surface area contributed by atoms with Gasteiger partial charge in [0.2, 0.25) is 0 Å². The number of para-hydroxylation sites is 1. The highest BCUT2D eigenvalue weighted by Gasteiger charge is 2.23. The van der Waals surface area contributed by atoms with Crippen LogP contribution in [0.15, 0.2) is 69.4 Å². The molecule has 0 aliphatic rings. The maximum Gasteiger partial charge on any atom is 0.339 e. The van der Waals surface area contributed by atoms with Crippen molar-refractivity contribution in [2.45, 2.75) is 17.0 Å². The quantitative estimate of drug-likeness (QED) is 0.228. The molecule has 0 aliphatic carbocycles. The number of benzene rings is 3. The van der Waals surface area contributed by atoms with Crippen LogP contribution in [-0.2, 0) is 10.5 Å². The summed E-state index contributed by atoms with van der Waals surface area (Å²) in [4.78, 5) is 25.9. The Bertz CT molecular complexity index is 1540. The molecule has 0 saturated heterocycles. The van der Waals surface area contributed by atoms with Gasteiger partial charge in [-0.3, -0.25) is 4.79 Å². The molecule has 1 N–H and O–H groups in total. The minimum absolute atomic E-state index is 0.193. The molecule has 0 radical (unpaired) electrons. The van der Waals surface area contributed by atoms with E-state index in [1.54, 1.807) is 12.1 Å². The number of esters is 1. The fourth-order valence-electron chi connectivity index (χ4n) is 3.70. The molecule has 170 valence electrons. The van der Waals surface area contributed by atoms with Crippen molar-refractivity contribution in [3.63, 3.8) is 0 Å². The Labute approximate surface area is 203 Å².